The van der Waals surface area contributed by atoms with Gasteiger partial charge in [-0.3, -0.25) is 0 Å². The maximum atomic E-state index is 11.6. The Morgan fingerprint density at radius 3 is 2.39 bits per heavy atom. The zero-order chi connectivity index (χ0) is 17.0. The van der Waals surface area contributed by atoms with Crippen LogP contribution in [-0.2, 0) is 10.0 Å². The molecule has 9 heteroatoms. The normalized spacial score (nSPS) is 12.9. The number of rotatable bonds is 6. The van der Waals surface area contributed by atoms with E-state index >= 15 is 0 Å². The third-order valence-corrected chi connectivity index (χ3v) is 5.18. The van der Waals surface area contributed by atoms with E-state index in [1.165, 1.54) is 25.4 Å². The lowest BCUT2D eigenvalue weighted by Gasteiger charge is -2.15. The maximum absolute atomic E-state index is 11.6. The Morgan fingerprint density at radius 2 is 1.87 bits per heavy atom. The number of halogens is 2. The molecule has 23 heavy (non-hydrogen) atoms. The highest BCUT2D eigenvalue weighted by molar-refractivity contribution is 7.89. The van der Waals surface area contributed by atoms with Crippen LogP contribution in [0.3, 0.4) is 0 Å². The van der Waals surface area contributed by atoms with Crippen LogP contribution >= 0.6 is 23.2 Å². The smallest absolute Gasteiger partial charge is 0.241 e. The lowest BCUT2D eigenvalue weighted by atomic mass is 10.1. The van der Waals surface area contributed by atoms with Crippen molar-refractivity contribution < 1.29 is 13.5 Å². The quantitative estimate of drug-likeness (QED) is 0.721. The van der Waals surface area contributed by atoms with Crippen molar-refractivity contribution in [2.75, 3.05) is 18.9 Å². The Balaban J connectivity index is 2.06. The van der Waals surface area contributed by atoms with Gasteiger partial charge in [0.05, 0.1) is 6.10 Å². The van der Waals surface area contributed by atoms with E-state index in [9.17, 15) is 13.5 Å². The highest BCUT2D eigenvalue weighted by Gasteiger charge is 2.16. The number of sulfonamides is 1. The number of aliphatic hydroxyl groups excluding tert-OH is 1. The van der Waals surface area contributed by atoms with Crippen molar-refractivity contribution in [1.29, 1.82) is 0 Å². The molecule has 0 saturated carbocycles. The SMILES string of the molecule is CNS(=O)(=O)c1ccc(NCC(O)c2c(Cl)cccc2Cl)nc1. The Labute approximate surface area is 144 Å². The van der Waals surface area contributed by atoms with Crippen LogP contribution in [0.2, 0.25) is 10.0 Å². The summed E-state index contributed by atoms with van der Waals surface area (Å²) in [7, 11) is -2.20. The fraction of sp³-hybridized carbons (Fsp3) is 0.214. The zero-order valence-corrected chi connectivity index (χ0v) is 14.5. The molecule has 2 aromatic rings. The van der Waals surface area contributed by atoms with E-state index in [1.54, 1.807) is 18.2 Å². The number of hydrogen-bond acceptors (Lipinski definition) is 5. The molecule has 124 valence electrons. The number of nitrogens with one attached hydrogen (secondary N) is 2. The van der Waals surface area contributed by atoms with Gasteiger partial charge in [-0.05, 0) is 31.3 Å². The molecule has 0 bridgehead atoms. The van der Waals surface area contributed by atoms with Gasteiger partial charge in [0, 0.05) is 28.4 Å². The Hall–Kier alpha value is -1.38. The maximum Gasteiger partial charge on any atom is 0.241 e. The molecule has 0 radical (unpaired) electrons. The van der Waals surface area contributed by atoms with Crippen LogP contribution in [0.25, 0.3) is 0 Å². The first-order valence-electron chi connectivity index (χ1n) is 6.60. The van der Waals surface area contributed by atoms with E-state index < -0.39 is 16.1 Å². The van der Waals surface area contributed by atoms with Gasteiger partial charge in [0.25, 0.3) is 0 Å². The third-order valence-electron chi connectivity index (χ3n) is 3.12. The second-order valence-electron chi connectivity index (χ2n) is 4.62. The molecule has 1 aromatic carbocycles. The Morgan fingerprint density at radius 1 is 1.22 bits per heavy atom. The van der Waals surface area contributed by atoms with Crippen LogP contribution in [-0.4, -0.2) is 32.1 Å². The number of benzene rings is 1. The van der Waals surface area contributed by atoms with Gasteiger partial charge in [-0.15, -0.1) is 0 Å². The van der Waals surface area contributed by atoms with Gasteiger partial charge in [-0.1, -0.05) is 29.3 Å². The second kappa shape index (κ2) is 7.46. The van der Waals surface area contributed by atoms with Gasteiger partial charge in [0.1, 0.15) is 10.7 Å². The van der Waals surface area contributed by atoms with Crippen molar-refractivity contribution in [3.8, 4) is 0 Å². The van der Waals surface area contributed by atoms with Gasteiger partial charge < -0.3 is 10.4 Å². The highest BCUT2D eigenvalue weighted by atomic mass is 35.5. The van der Waals surface area contributed by atoms with E-state index in [4.69, 9.17) is 23.2 Å². The van der Waals surface area contributed by atoms with Crippen LogP contribution in [0.1, 0.15) is 11.7 Å². The predicted octanol–water partition coefficient (Wildman–Crippen LogP) is 2.44. The van der Waals surface area contributed by atoms with E-state index in [-0.39, 0.29) is 11.4 Å². The van der Waals surface area contributed by atoms with E-state index in [2.05, 4.69) is 15.0 Å². The number of hydrogen-bond donors (Lipinski definition) is 3. The lowest BCUT2D eigenvalue weighted by Crippen LogP contribution is -2.19. The standard InChI is InChI=1S/C14H15Cl2N3O3S/c1-17-23(21,22)9-5-6-13(18-7-9)19-8-12(20)14-10(15)3-2-4-11(14)16/h2-7,12,17,20H,8H2,1H3,(H,18,19). The molecule has 1 heterocycles. The zero-order valence-electron chi connectivity index (χ0n) is 12.1. The summed E-state index contributed by atoms with van der Waals surface area (Å²) < 4.78 is 25.4. The molecule has 3 N–H and O–H groups in total. The highest BCUT2D eigenvalue weighted by Crippen LogP contribution is 2.30. The van der Waals surface area contributed by atoms with Crippen molar-refractivity contribution in [3.63, 3.8) is 0 Å². The summed E-state index contributed by atoms with van der Waals surface area (Å²) in [4.78, 5) is 4.05. The molecule has 0 amide bonds. The number of nitrogens with zero attached hydrogens (tertiary/aromatic N) is 1. The van der Waals surface area contributed by atoms with E-state index in [0.717, 1.165) is 0 Å². The largest absolute Gasteiger partial charge is 0.386 e. The fourth-order valence-corrected chi connectivity index (χ4v) is 3.22. The Bertz CT molecular complexity index is 762. The second-order valence-corrected chi connectivity index (χ2v) is 7.32. The first-order valence-corrected chi connectivity index (χ1v) is 8.84. The number of aliphatic hydroxyl groups is 1. The van der Waals surface area contributed by atoms with Crippen molar-refractivity contribution >= 4 is 39.0 Å². The van der Waals surface area contributed by atoms with Crippen molar-refractivity contribution in [2.24, 2.45) is 0 Å². The van der Waals surface area contributed by atoms with Gasteiger partial charge in [-0.25, -0.2) is 18.1 Å². The first-order chi connectivity index (χ1) is 10.8. The molecule has 0 aliphatic carbocycles. The van der Waals surface area contributed by atoms with Crippen LogP contribution in [0, 0.1) is 0 Å². The molecule has 1 aromatic heterocycles. The summed E-state index contributed by atoms with van der Waals surface area (Å²) in [6, 6.07) is 7.89. The van der Waals surface area contributed by atoms with E-state index in [1.807, 2.05) is 0 Å². The number of pyridine rings is 1. The topological polar surface area (TPSA) is 91.3 Å². The molecule has 0 aliphatic rings. The van der Waals surface area contributed by atoms with Gasteiger partial charge in [0.2, 0.25) is 10.0 Å². The summed E-state index contributed by atoms with van der Waals surface area (Å²) in [6.07, 6.45) is 0.293. The molecule has 2 rings (SSSR count). The van der Waals surface area contributed by atoms with Crippen LogP contribution < -0.4 is 10.0 Å². The van der Waals surface area contributed by atoms with E-state index in [0.29, 0.717) is 21.4 Å². The molecule has 0 aliphatic heterocycles. The summed E-state index contributed by atoms with van der Waals surface area (Å²) in [5.41, 5.74) is 0.428. The molecule has 0 saturated heterocycles. The molecule has 6 nitrogen and oxygen atoms in total. The molecule has 0 fully saturated rings. The summed E-state index contributed by atoms with van der Waals surface area (Å²) in [6.45, 7) is 0.120. The van der Waals surface area contributed by atoms with Gasteiger partial charge in [0.15, 0.2) is 0 Å². The average molecular weight is 376 g/mol. The number of aromatic nitrogens is 1. The van der Waals surface area contributed by atoms with Crippen molar-refractivity contribution in [3.05, 3.63) is 52.1 Å². The summed E-state index contributed by atoms with van der Waals surface area (Å²) in [5, 5.41) is 13.8. The molecular weight excluding hydrogens is 361 g/mol. The van der Waals surface area contributed by atoms with Crippen LogP contribution in [0.15, 0.2) is 41.4 Å². The van der Waals surface area contributed by atoms with Gasteiger partial charge >= 0.3 is 0 Å². The summed E-state index contributed by atoms with van der Waals surface area (Å²) >= 11 is 12.1. The van der Waals surface area contributed by atoms with Gasteiger partial charge in [-0.2, -0.15) is 0 Å². The first kappa shape index (κ1) is 18.0. The lowest BCUT2D eigenvalue weighted by molar-refractivity contribution is 0.191. The Kier molecular flexibility index (Phi) is 5.83. The fourth-order valence-electron chi connectivity index (χ4n) is 1.89. The minimum Gasteiger partial charge on any atom is -0.386 e. The monoisotopic (exact) mass is 375 g/mol. The van der Waals surface area contributed by atoms with Crippen LogP contribution in [0.5, 0.6) is 0 Å². The third kappa shape index (κ3) is 4.33. The molecule has 1 unspecified atom stereocenters. The minimum absolute atomic E-state index is 0.0558. The molecule has 1 atom stereocenters. The average Bonchev–Trinajstić information content (AvgIpc) is 2.53. The summed E-state index contributed by atoms with van der Waals surface area (Å²) in [5.74, 6) is 0.419. The van der Waals surface area contributed by atoms with Crippen molar-refractivity contribution in [2.45, 2.75) is 11.0 Å². The molecular formula is C14H15Cl2N3O3S. The number of anilines is 1. The van der Waals surface area contributed by atoms with Crippen molar-refractivity contribution in [1.82, 2.24) is 9.71 Å². The molecule has 0 spiro atoms. The van der Waals surface area contributed by atoms with Crippen LogP contribution in [0.4, 0.5) is 5.82 Å². The predicted molar refractivity (Wildman–Crippen MR) is 90.4 cm³/mol. The minimum atomic E-state index is -3.53.